The summed E-state index contributed by atoms with van der Waals surface area (Å²) < 4.78 is 5.34. The minimum Gasteiger partial charge on any atom is -0.369 e. The Balaban J connectivity index is 2.11. The first-order chi connectivity index (χ1) is 8.22. The zero-order valence-corrected chi connectivity index (χ0v) is 11.0. The topological polar surface area (TPSA) is 26.3 Å². The zero-order valence-electron chi connectivity index (χ0n) is 10.1. The SMILES string of the molecule is C=C/C(C)=C\CCC(=O)COCc1ccsc1. The van der Waals surface area contributed by atoms with Gasteiger partial charge in [-0.15, -0.1) is 0 Å². The van der Waals surface area contributed by atoms with Crippen molar-refractivity contribution in [2.45, 2.75) is 26.4 Å². The number of Topliss-reactive ketones (excluding diaryl/α,β-unsaturated/α-hetero) is 1. The first-order valence-corrected chi connectivity index (χ1v) is 6.56. The Morgan fingerprint density at radius 2 is 2.41 bits per heavy atom. The van der Waals surface area contributed by atoms with Crippen LogP contribution in [0, 0.1) is 0 Å². The van der Waals surface area contributed by atoms with Gasteiger partial charge in [0.1, 0.15) is 6.61 Å². The molecule has 0 bridgehead atoms. The molecule has 0 aliphatic heterocycles. The lowest BCUT2D eigenvalue weighted by Crippen LogP contribution is -2.07. The van der Waals surface area contributed by atoms with E-state index in [1.54, 1.807) is 17.4 Å². The van der Waals surface area contributed by atoms with Crippen molar-refractivity contribution in [3.05, 3.63) is 46.7 Å². The zero-order chi connectivity index (χ0) is 12.5. The minimum atomic E-state index is 0.147. The van der Waals surface area contributed by atoms with E-state index in [2.05, 4.69) is 6.58 Å². The first-order valence-electron chi connectivity index (χ1n) is 5.62. The van der Waals surface area contributed by atoms with Gasteiger partial charge < -0.3 is 4.74 Å². The van der Waals surface area contributed by atoms with Crippen LogP contribution in [0.1, 0.15) is 25.3 Å². The summed E-state index contributed by atoms with van der Waals surface area (Å²) in [6, 6.07) is 2.01. The molecule has 0 aliphatic carbocycles. The van der Waals surface area contributed by atoms with Gasteiger partial charge in [-0.25, -0.2) is 0 Å². The molecule has 0 saturated carbocycles. The molecule has 0 N–H and O–H groups in total. The van der Waals surface area contributed by atoms with E-state index < -0.39 is 0 Å². The molecule has 1 aromatic rings. The fraction of sp³-hybridized carbons (Fsp3) is 0.357. The van der Waals surface area contributed by atoms with E-state index >= 15 is 0 Å². The molecule has 0 radical (unpaired) electrons. The van der Waals surface area contributed by atoms with Crippen molar-refractivity contribution in [1.82, 2.24) is 0 Å². The van der Waals surface area contributed by atoms with Crippen LogP contribution in [0.25, 0.3) is 0 Å². The van der Waals surface area contributed by atoms with Crippen LogP contribution in [0.2, 0.25) is 0 Å². The third-order valence-corrected chi connectivity index (χ3v) is 3.06. The maximum Gasteiger partial charge on any atom is 0.158 e. The summed E-state index contributed by atoms with van der Waals surface area (Å²) in [6.07, 6.45) is 5.11. The van der Waals surface area contributed by atoms with Crippen LogP contribution in [0.5, 0.6) is 0 Å². The van der Waals surface area contributed by atoms with Crippen molar-refractivity contribution in [3.63, 3.8) is 0 Å². The van der Waals surface area contributed by atoms with E-state index in [-0.39, 0.29) is 12.4 Å². The van der Waals surface area contributed by atoms with Gasteiger partial charge in [0.15, 0.2) is 5.78 Å². The fourth-order valence-electron chi connectivity index (χ4n) is 1.27. The number of carbonyl (C=O) groups excluding carboxylic acids is 1. The van der Waals surface area contributed by atoms with Crippen molar-refractivity contribution in [2.75, 3.05) is 6.61 Å². The lowest BCUT2D eigenvalue weighted by Gasteiger charge is -2.01. The summed E-state index contributed by atoms with van der Waals surface area (Å²) in [7, 11) is 0. The summed E-state index contributed by atoms with van der Waals surface area (Å²) in [5.74, 6) is 0.147. The van der Waals surface area contributed by atoms with Crippen LogP contribution in [-0.2, 0) is 16.1 Å². The number of hydrogen-bond donors (Lipinski definition) is 0. The van der Waals surface area contributed by atoms with Gasteiger partial charge >= 0.3 is 0 Å². The van der Waals surface area contributed by atoms with E-state index in [0.29, 0.717) is 13.0 Å². The average molecular weight is 250 g/mol. The Morgan fingerprint density at radius 3 is 3.06 bits per heavy atom. The second-order valence-corrected chi connectivity index (χ2v) is 4.63. The van der Waals surface area contributed by atoms with Crippen LogP contribution >= 0.6 is 11.3 Å². The van der Waals surface area contributed by atoms with Gasteiger partial charge in [-0.1, -0.05) is 24.3 Å². The molecule has 0 saturated heterocycles. The van der Waals surface area contributed by atoms with Gasteiger partial charge in [-0.05, 0) is 35.7 Å². The van der Waals surface area contributed by atoms with E-state index in [1.807, 2.05) is 29.8 Å². The molecule has 1 rings (SSSR count). The molecule has 0 aromatic carbocycles. The van der Waals surface area contributed by atoms with Crippen molar-refractivity contribution in [2.24, 2.45) is 0 Å². The Morgan fingerprint density at radius 1 is 1.59 bits per heavy atom. The Kier molecular flexibility index (Phi) is 6.51. The van der Waals surface area contributed by atoms with E-state index in [0.717, 1.165) is 17.6 Å². The summed E-state index contributed by atoms with van der Waals surface area (Å²) in [5.41, 5.74) is 2.24. The number of carbonyl (C=O) groups is 1. The molecular formula is C14H18O2S. The number of ether oxygens (including phenoxy) is 1. The van der Waals surface area contributed by atoms with Crippen molar-refractivity contribution in [3.8, 4) is 0 Å². The number of hydrogen-bond acceptors (Lipinski definition) is 3. The highest BCUT2D eigenvalue weighted by Crippen LogP contribution is 2.07. The molecule has 0 amide bonds. The van der Waals surface area contributed by atoms with Gasteiger partial charge in [0.2, 0.25) is 0 Å². The van der Waals surface area contributed by atoms with Crippen molar-refractivity contribution < 1.29 is 9.53 Å². The van der Waals surface area contributed by atoms with Crippen LogP contribution in [-0.4, -0.2) is 12.4 Å². The third kappa shape index (κ3) is 6.19. The lowest BCUT2D eigenvalue weighted by molar-refractivity contribution is -0.123. The molecule has 3 heteroatoms. The molecule has 17 heavy (non-hydrogen) atoms. The standard InChI is InChI=1S/C14H18O2S/c1-3-12(2)5-4-6-14(15)10-16-9-13-7-8-17-11-13/h3,5,7-8,11H,1,4,6,9-10H2,2H3/b12-5-. The average Bonchev–Trinajstić information content (AvgIpc) is 2.82. The largest absolute Gasteiger partial charge is 0.369 e. The van der Waals surface area contributed by atoms with Gasteiger partial charge in [-0.3, -0.25) is 4.79 Å². The number of rotatable bonds is 8. The molecule has 2 nitrogen and oxygen atoms in total. The van der Waals surface area contributed by atoms with Gasteiger partial charge in [0.05, 0.1) is 6.61 Å². The predicted molar refractivity (Wildman–Crippen MR) is 72.2 cm³/mol. The van der Waals surface area contributed by atoms with E-state index in [4.69, 9.17) is 4.74 Å². The highest BCUT2D eigenvalue weighted by Gasteiger charge is 2.01. The second kappa shape index (κ2) is 7.98. The van der Waals surface area contributed by atoms with E-state index in [9.17, 15) is 4.79 Å². The molecule has 0 spiro atoms. The third-order valence-electron chi connectivity index (χ3n) is 2.32. The highest BCUT2D eigenvalue weighted by atomic mass is 32.1. The van der Waals surface area contributed by atoms with Crippen molar-refractivity contribution in [1.29, 1.82) is 0 Å². The first kappa shape index (κ1) is 13.9. The van der Waals surface area contributed by atoms with Crippen molar-refractivity contribution >= 4 is 17.1 Å². The minimum absolute atomic E-state index is 0.147. The maximum atomic E-state index is 11.5. The van der Waals surface area contributed by atoms with Gasteiger partial charge in [-0.2, -0.15) is 11.3 Å². The van der Waals surface area contributed by atoms with Crippen LogP contribution in [0.15, 0.2) is 41.1 Å². The Bertz CT molecular complexity index is 377. The highest BCUT2D eigenvalue weighted by molar-refractivity contribution is 7.07. The maximum absolute atomic E-state index is 11.5. The number of allylic oxidation sites excluding steroid dienone is 3. The summed E-state index contributed by atoms with van der Waals surface area (Å²) in [6.45, 7) is 6.37. The monoisotopic (exact) mass is 250 g/mol. The van der Waals surface area contributed by atoms with Crippen LogP contribution in [0.4, 0.5) is 0 Å². The van der Waals surface area contributed by atoms with Gasteiger partial charge in [0.25, 0.3) is 0 Å². The smallest absolute Gasteiger partial charge is 0.158 e. The molecule has 0 atom stereocenters. The molecule has 0 aliphatic rings. The van der Waals surface area contributed by atoms with Crippen LogP contribution in [0.3, 0.4) is 0 Å². The summed E-state index contributed by atoms with van der Waals surface area (Å²) in [4.78, 5) is 11.5. The number of thiophene rings is 1. The summed E-state index contributed by atoms with van der Waals surface area (Å²) >= 11 is 1.64. The van der Waals surface area contributed by atoms with Gasteiger partial charge in [0, 0.05) is 6.42 Å². The van der Waals surface area contributed by atoms with E-state index in [1.165, 1.54) is 0 Å². The molecule has 1 heterocycles. The quantitative estimate of drug-likeness (QED) is 0.657. The molecule has 0 fully saturated rings. The van der Waals surface area contributed by atoms with Crippen LogP contribution < -0.4 is 0 Å². The molecular weight excluding hydrogens is 232 g/mol. The lowest BCUT2D eigenvalue weighted by atomic mass is 10.1. The Labute approximate surface area is 107 Å². The second-order valence-electron chi connectivity index (χ2n) is 3.85. The number of ketones is 1. The molecule has 92 valence electrons. The predicted octanol–water partition coefficient (Wildman–Crippen LogP) is 3.75. The fourth-order valence-corrected chi connectivity index (χ4v) is 1.93. The molecule has 0 unspecified atom stereocenters. The normalized spacial score (nSPS) is 11.5. The summed E-state index contributed by atoms with van der Waals surface area (Å²) in [5, 5.41) is 4.03. The molecule has 1 aromatic heterocycles. The Hall–Kier alpha value is -1.19.